The predicted molar refractivity (Wildman–Crippen MR) is 95.6 cm³/mol. The van der Waals surface area contributed by atoms with Gasteiger partial charge in [0.25, 0.3) is 0 Å². The van der Waals surface area contributed by atoms with Crippen LogP contribution in [0.2, 0.25) is 0 Å². The lowest BCUT2D eigenvalue weighted by Gasteiger charge is -2.17. The Bertz CT molecular complexity index is 840. The van der Waals surface area contributed by atoms with Crippen molar-refractivity contribution in [1.29, 1.82) is 0 Å². The van der Waals surface area contributed by atoms with E-state index in [9.17, 15) is 9.59 Å². The number of anilines is 1. The molecule has 0 aliphatic heterocycles. The summed E-state index contributed by atoms with van der Waals surface area (Å²) < 4.78 is 5.46. The molecule has 1 unspecified atom stereocenters. The summed E-state index contributed by atoms with van der Waals surface area (Å²) in [5.41, 5.74) is 2.12. The van der Waals surface area contributed by atoms with Gasteiger partial charge in [-0.2, -0.15) is 0 Å². The van der Waals surface area contributed by atoms with Crippen LogP contribution >= 0.6 is 0 Å². The molecule has 1 atom stereocenters. The van der Waals surface area contributed by atoms with Crippen LogP contribution in [0.3, 0.4) is 0 Å². The van der Waals surface area contributed by atoms with Crippen LogP contribution in [-0.4, -0.2) is 11.8 Å². The minimum Gasteiger partial charge on any atom is -0.467 e. The van der Waals surface area contributed by atoms with E-state index < -0.39 is 6.04 Å². The Balaban J connectivity index is 1.73. The molecule has 0 aliphatic carbocycles. The maximum Gasteiger partial charge on any atom is 0.320 e. The lowest BCUT2D eigenvalue weighted by Crippen LogP contribution is -2.33. The van der Waals surface area contributed by atoms with Gasteiger partial charge in [0.1, 0.15) is 11.8 Å². The average molecular weight is 334 g/mol. The second-order valence-corrected chi connectivity index (χ2v) is 5.59. The molecule has 0 spiro atoms. The smallest absolute Gasteiger partial charge is 0.320 e. The van der Waals surface area contributed by atoms with Gasteiger partial charge in [-0.15, -0.1) is 0 Å². The van der Waals surface area contributed by atoms with Crippen LogP contribution in [0.15, 0.2) is 77.4 Å². The molecular formula is C20H18N2O3. The van der Waals surface area contributed by atoms with Gasteiger partial charge in [-0.3, -0.25) is 4.79 Å². The van der Waals surface area contributed by atoms with E-state index in [2.05, 4.69) is 10.6 Å². The molecule has 3 aromatic rings. The summed E-state index contributed by atoms with van der Waals surface area (Å²) in [6.45, 7) is 1.50. The topological polar surface area (TPSA) is 71.3 Å². The highest BCUT2D eigenvalue weighted by Gasteiger charge is 2.19. The fraction of sp³-hybridized carbons (Fsp3) is 0.100. The number of rotatable bonds is 5. The Hall–Kier alpha value is -3.34. The molecule has 1 aromatic heterocycles. The van der Waals surface area contributed by atoms with Crippen molar-refractivity contribution >= 4 is 17.5 Å². The van der Waals surface area contributed by atoms with Crippen LogP contribution in [0.4, 0.5) is 10.5 Å². The molecule has 25 heavy (non-hydrogen) atoms. The third kappa shape index (κ3) is 4.14. The van der Waals surface area contributed by atoms with Gasteiger partial charge in [0.2, 0.25) is 0 Å². The van der Waals surface area contributed by atoms with Crippen molar-refractivity contribution in [3.63, 3.8) is 0 Å². The molecule has 0 saturated heterocycles. The van der Waals surface area contributed by atoms with Crippen LogP contribution in [0.1, 0.15) is 34.6 Å². The van der Waals surface area contributed by atoms with E-state index in [1.807, 2.05) is 36.4 Å². The number of amides is 2. The molecule has 126 valence electrons. The van der Waals surface area contributed by atoms with Crippen LogP contribution in [0.5, 0.6) is 0 Å². The number of benzene rings is 2. The summed E-state index contributed by atoms with van der Waals surface area (Å²) in [5.74, 6) is 0.631. The lowest BCUT2D eigenvalue weighted by molar-refractivity contribution is 0.101. The number of carbonyl (C=O) groups excluding carboxylic acids is 2. The minimum atomic E-state index is -0.396. The summed E-state index contributed by atoms with van der Waals surface area (Å²) in [4.78, 5) is 23.7. The molecule has 2 aromatic carbocycles. The van der Waals surface area contributed by atoms with E-state index >= 15 is 0 Å². The van der Waals surface area contributed by atoms with Gasteiger partial charge in [-0.1, -0.05) is 30.3 Å². The van der Waals surface area contributed by atoms with E-state index in [4.69, 9.17) is 4.42 Å². The standard InChI is InChI=1S/C20H18N2O3/c1-14(23)15-9-11-17(12-10-15)21-20(24)22-19(18-8-5-13-25-18)16-6-3-2-4-7-16/h2-13,19H,1H3,(H2,21,22,24). The third-order valence-electron chi connectivity index (χ3n) is 3.79. The third-order valence-corrected chi connectivity index (χ3v) is 3.79. The summed E-state index contributed by atoms with van der Waals surface area (Å²) in [7, 11) is 0. The molecule has 2 N–H and O–H groups in total. The van der Waals surface area contributed by atoms with Crippen molar-refractivity contribution in [1.82, 2.24) is 5.32 Å². The second-order valence-electron chi connectivity index (χ2n) is 5.59. The number of nitrogens with one attached hydrogen (secondary N) is 2. The van der Waals surface area contributed by atoms with Gasteiger partial charge < -0.3 is 15.1 Å². The highest BCUT2D eigenvalue weighted by Crippen LogP contribution is 2.22. The van der Waals surface area contributed by atoms with Gasteiger partial charge in [0, 0.05) is 11.3 Å². The first kappa shape index (κ1) is 16.5. The van der Waals surface area contributed by atoms with Crippen molar-refractivity contribution in [2.45, 2.75) is 13.0 Å². The largest absolute Gasteiger partial charge is 0.467 e. The molecule has 0 bridgehead atoms. The highest BCUT2D eigenvalue weighted by molar-refractivity contribution is 5.95. The Morgan fingerprint density at radius 1 is 0.920 bits per heavy atom. The Morgan fingerprint density at radius 2 is 1.64 bits per heavy atom. The lowest BCUT2D eigenvalue weighted by atomic mass is 10.0. The van der Waals surface area contributed by atoms with Crippen molar-refractivity contribution in [2.24, 2.45) is 0 Å². The first-order valence-corrected chi connectivity index (χ1v) is 7.90. The van der Waals surface area contributed by atoms with Gasteiger partial charge in [0.05, 0.1) is 6.26 Å². The number of Topliss-reactive ketones (excluding diaryl/α,β-unsaturated/α-hetero) is 1. The molecule has 0 aliphatic rings. The van der Waals surface area contributed by atoms with Crippen molar-refractivity contribution in [3.05, 3.63) is 89.9 Å². The molecule has 1 heterocycles. The monoisotopic (exact) mass is 334 g/mol. The Morgan fingerprint density at radius 3 is 2.24 bits per heavy atom. The van der Waals surface area contributed by atoms with Gasteiger partial charge in [-0.05, 0) is 48.9 Å². The van der Waals surface area contributed by atoms with E-state index in [0.717, 1.165) is 5.56 Å². The zero-order valence-corrected chi connectivity index (χ0v) is 13.7. The normalized spacial score (nSPS) is 11.6. The minimum absolute atomic E-state index is 0.0158. The maximum absolute atomic E-state index is 12.4. The highest BCUT2D eigenvalue weighted by atomic mass is 16.3. The number of urea groups is 1. The predicted octanol–water partition coefficient (Wildman–Crippen LogP) is 4.39. The second kappa shape index (κ2) is 7.49. The molecule has 0 radical (unpaired) electrons. The average Bonchev–Trinajstić information content (AvgIpc) is 3.15. The number of carbonyl (C=O) groups is 2. The molecule has 2 amide bonds. The summed E-state index contributed by atoms with van der Waals surface area (Å²) in [6, 6.07) is 19.2. The summed E-state index contributed by atoms with van der Waals surface area (Å²) in [6.07, 6.45) is 1.57. The van der Waals surface area contributed by atoms with Gasteiger partial charge >= 0.3 is 6.03 Å². The summed E-state index contributed by atoms with van der Waals surface area (Å²) in [5, 5.41) is 5.68. The van der Waals surface area contributed by atoms with E-state index in [0.29, 0.717) is 17.0 Å². The Labute approximate surface area is 145 Å². The van der Waals surface area contributed by atoms with Crippen LogP contribution in [0.25, 0.3) is 0 Å². The molecule has 3 rings (SSSR count). The van der Waals surface area contributed by atoms with Crippen LogP contribution < -0.4 is 10.6 Å². The SMILES string of the molecule is CC(=O)c1ccc(NC(=O)NC(c2ccccc2)c2ccco2)cc1. The van der Waals surface area contributed by atoms with Crippen LogP contribution in [-0.2, 0) is 0 Å². The maximum atomic E-state index is 12.4. The Kier molecular flexibility index (Phi) is 4.95. The summed E-state index contributed by atoms with van der Waals surface area (Å²) >= 11 is 0. The van der Waals surface area contributed by atoms with Crippen LogP contribution in [0, 0.1) is 0 Å². The van der Waals surface area contributed by atoms with E-state index in [1.165, 1.54) is 6.92 Å². The number of hydrogen-bond acceptors (Lipinski definition) is 3. The molecular weight excluding hydrogens is 316 g/mol. The fourth-order valence-corrected chi connectivity index (χ4v) is 2.51. The van der Waals surface area contributed by atoms with E-state index in [1.54, 1.807) is 36.6 Å². The molecule has 0 saturated carbocycles. The number of furan rings is 1. The zero-order valence-electron chi connectivity index (χ0n) is 13.7. The van der Waals surface area contributed by atoms with Crippen molar-refractivity contribution in [2.75, 3.05) is 5.32 Å². The van der Waals surface area contributed by atoms with Gasteiger partial charge in [-0.25, -0.2) is 4.79 Å². The van der Waals surface area contributed by atoms with E-state index in [-0.39, 0.29) is 11.8 Å². The van der Waals surface area contributed by atoms with Crippen molar-refractivity contribution < 1.29 is 14.0 Å². The van der Waals surface area contributed by atoms with Gasteiger partial charge in [0.15, 0.2) is 5.78 Å². The first-order valence-electron chi connectivity index (χ1n) is 7.90. The molecule has 0 fully saturated rings. The first-order chi connectivity index (χ1) is 12.1. The number of ketones is 1. The molecule has 5 nitrogen and oxygen atoms in total. The zero-order chi connectivity index (χ0) is 17.6. The molecule has 5 heteroatoms. The fourth-order valence-electron chi connectivity index (χ4n) is 2.51. The van der Waals surface area contributed by atoms with Crippen molar-refractivity contribution in [3.8, 4) is 0 Å². The quantitative estimate of drug-likeness (QED) is 0.680. The number of hydrogen-bond donors (Lipinski definition) is 2.